The summed E-state index contributed by atoms with van der Waals surface area (Å²) in [7, 11) is 3.34. The second kappa shape index (κ2) is 11.4. The van der Waals surface area contributed by atoms with Crippen LogP contribution in [0.1, 0.15) is 62.3 Å². The van der Waals surface area contributed by atoms with Crippen molar-refractivity contribution in [1.29, 1.82) is 0 Å². The molecule has 0 aliphatic carbocycles. The van der Waals surface area contributed by atoms with Crippen molar-refractivity contribution in [2.45, 2.75) is 52.0 Å². The second-order valence-corrected chi connectivity index (χ2v) is 8.87. The van der Waals surface area contributed by atoms with Gasteiger partial charge >= 0.3 is 0 Å². The standard InChI is InChI=1S/C26H36N2O3S/c1-6-7-13-27-26(32)28-14-12-20-15-24(29-4)25(30-5)16-22(20)23(28)17-31-21-10-8-19(9-11-21)18(2)3/h8-11,15-16,18,23H,6-7,12-14,17H2,1-5H3,(H,27,32)/t23-/m1/s1. The van der Waals surface area contributed by atoms with E-state index in [4.69, 9.17) is 26.4 Å². The Hall–Kier alpha value is -2.47. The smallest absolute Gasteiger partial charge is 0.169 e. The van der Waals surface area contributed by atoms with E-state index >= 15 is 0 Å². The van der Waals surface area contributed by atoms with Crippen LogP contribution in [0.3, 0.4) is 0 Å². The van der Waals surface area contributed by atoms with Gasteiger partial charge in [-0.1, -0.05) is 39.3 Å². The zero-order valence-electron chi connectivity index (χ0n) is 19.9. The van der Waals surface area contributed by atoms with Crippen LogP contribution in [0.25, 0.3) is 0 Å². The molecular formula is C26H36N2O3S. The minimum atomic E-state index is -0.00930. The number of nitrogens with one attached hydrogen (secondary N) is 1. The lowest BCUT2D eigenvalue weighted by molar-refractivity contribution is 0.187. The average molecular weight is 457 g/mol. The molecule has 2 aromatic rings. The number of hydrogen-bond acceptors (Lipinski definition) is 4. The van der Waals surface area contributed by atoms with Crippen molar-refractivity contribution in [3.8, 4) is 17.2 Å². The molecule has 5 nitrogen and oxygen atoms in total. The molecule has 0 spiro atoms. The van der Waals surface area contributed by atoms with Crippen LogP contribution >= 0.6 is 12.2 Å². The van der Waals surface area contributed by atoms with Gasteiger partial charge < -0.3 is 24.4 Å². The molecule has 0 saturated heterocycles. The van der Waals surface area contributed by atoms with Crippen LogP contribution in [0, 0.1) is 0 Å². The third kappa shape index (κ3) is 5.66. The summed E-state index contributed by atoms with van der Waals surface area (Å²) in [6.45, 7) is 8.79. The number of ether oxygens (including phenoxy) is 3. The fraction of sp³-hybridized carbons (Fsp3) is 0.500. The van der Waals surface area contributed by atoms with E-state index in [-0.39, 0.29) is 6.04 Å². The largest absolute Gasteiger partial charge is 0.493 e. The molecule has 0 fully saturated rings. The molecule has 0 radical (unpaired) electrons. The summed E-state index contributed by atoms with van der Waals surface area (Å²) in [5.74, 6) is 2.85. The lowest BCUT2D eigenvalue weighted by Crippen LogP contribution is -2.47. The molecule has 32 heavy (non-hydrogen) atoms. The summed E-state index contributed by atoms with van der Waals surface area (Å²) in [5, 5.41) is 4.21. The molecule has 1 aliphatic heterocycles. The van der Waals surface area contributed by atoms with Crippen molar-refractivity contribution >= 4 is 17.3 Å². The van der Waals surface area contributed by atoms with E-state index in [9.17, 15) is 0 Å². The molecule has 1 N–H and O–H groups in total. The molecule has 174 valence electrons. The molecule has 0 amide bonds. The van der Waals surface area contributed by atoms with Crippen LogP contribution in [0.4, 0.5) is 0 Å². The summed E-state index contributed by atoms with van der Waals surface area (Å²) < 4.78 is 17.4. The van der Waals surface area contributed by atoms with Gasteiger partial charge in [0.25, 0.3) is 0 Å². The highest BCUT2D eigenvalue weighted by Gasteiger charge is 2.31. The molecule has 6 heteroatoms. The predicted octanol–water partition coefficient (Wildman–Crippen LogP) is 5.48. The highest BCUT2D eigenvalue weighted by Crippen LogP contribution is 2.38. The first-order chi connectivity index (χ1) is 15.5. The lowest BCUT2D eigenvalue weighted by Gasteiger charge is -2.39. The maximum Gasteiger partial charge on any atom is 0.169 e. The van der Waals surface area contributed by atoms with Gasteiger partial charge in [0.2, 0.25) is 0 Å². The molecule has 1 atom stereocenters. The van der Waals surface area contributed by atoms with Crippen LogP contribution in [-0.2, 0) is 6.42 Å². The summed E-state index contributed by atoms with van der Waals surface area (Å²) >= 11 is 5.78. The molecule has 0 saturated carbocycles. The monoisotopic (exact) mass is 456 g/mol. The summed E-state index contributed by atoms with van der Waals surface area (Å²) in [6.07, 6.45) is 3.12. The average Bonchev–Trinajstić information content (AvgIpc) is 2.81. The number of rotatable bonds is 9. The third-order valence-electron chi connectivity index (χ3n) is 6.02. The van der Waals surface area contributed by atoms with Gasteiger partial charge in [-0.3, -0.25) is 0 Å². The number of benzene rings is 2. The minimum absolute atomic E-state index is 0.00930. The van der Waals surface area contributed by atoms with Gasteiger partial charge in [-0.2, -0.15) is 0 Å². The Bertz CT molecular complexity index is 899. The van der Waals surface area contributed by atoms with E-state index in [1.54, 1.807) is 14.2 Å². The van der Waals surface area contributed by atoms with Crippen molar-refractivity contribution in [3.63, 3.8) is 0 Å². The van der Waals surface area contributed by atoms with E-state index in [0.29, 0.717) is 12.5 Å². The molecule has 0 bridgehead atoms. The molecule has 2 aromatic carbocycles. The fourth-order valence-electron chi connectivity index (χ4n) is 4.05. The van der Waals surface area contributed by atoms with Gasteiger partial charge in [0.15, 0.2) is 16.6 Å². The number of fused-ring (bicyclic) bond motifs is 1. The van der Waals surface area contributed by atoms with Gasteiger partial charge in [-0.25, -0.2) is 0 Å². The maximum atomic E-state index is 6.27. The van der Waals surface area contributed by atoms with Crippen molar-refractivity contribution in [2.75, 3.05) is 33.9 Å². The Morgan fingerprint density at radius 3 is 2.44 bits per heavy atom. The Morgan fingerprint density at radius 2 is 1.81 bits per heavy atom. The van der Waals surface area contributed by atoms with E-state index < -0.39 is 0 Å². The van der Waals surface area contributed by atoms with Crippen LogP contribution < -0.4 is 19.5 Å². The number of methoxy groups -OCH3 is 2. The second-order valence-electron chi connectivity index (χ2n) is 8.49. The zero-order chi connectivity index (χ0) is 23.1. The van der Waals surface area contributed by atoms with Crippen molar-refractivity contribution in [1.82, 2.24) is 10.2 Å². The summed E-state index contributed by atoms with van der Waals surface area (Å²) in [4.78, 5) is 2.25. The molecule has 0 unspecified atom stereocenters. The number of hydrogen-bond donors (Lipinski definition) is 1. The van der Waals surface area contributed by atoms with Gasteiger partial charge in [-0.15, -0.1) is 0 Å². The van der Waals surface area contributed by atoms with Crippen LogP contribution in [-0.4, -0.2) is 43.9 Å². The van der Waals surface area contributed by atoms with Crippen molar-refractivity contribution < 1.29 is 14.2 Å². The first kappa shape index (κ1) is 24.2. The highest BCUT2D eigenvalue weighted by atomic mass is 32.1. The van der Waals surface area contributed by atoms with E-state index in [1.165, 1.54) is 16.7 Å². The van der Waals surface area contributed by atoms with Crippen LogP contribution in [0.2, 0.25) is 0 Å². The first-order valence-corrected chi connectivity index (χ1v) is 11.9. The van der Waals surface area contributed by atoms with Gasteiger partial charge in [0, 0.05) is 13.1 Å². The topological polar surface area (TPSA) is 43.0 Å². The third-order valence-corrected chi connectivity index (χ3v) is 6.40. The predicted molar refractivity (Wildman–Crippen MR) is 134 cm³/mol. The van der Waals surface area contributed by atoms with E-state index in [2.05, 4.69) is 67.4 Å². The minimum Gasteiger partial charge on any atom is -0.493 e. The molecule has 3 rings (SSSR count). The first-order valence-electron chi connectivity index (χ1n) is 11.5. The number of unbranched alkanes of at least 4 members (excludes halogenated alkanes) is 1. The van der Waals surface area contributed by atoms with Crippen LogP contribution in [0.5, 0.6) is 17.2 Å². The Balaban J connectivity index is 1.86. The van der Waals surface area contributed by atoms with Gasteiger partial charge in [-0.05, 0) is 71.9 Å². The summed E-state index contributed by atoms with van der Waals surface area (Å²) in [5.41, 5.74) is 3.73. The molecule has 1 heterocycles. The molecular weight excluding hydrogens is 420 g/mol. The number of nitrogens with zero attached hydrogens (tertiary/aromatic N) is 1. The zero-order valence-corrected chi connectivity index (χ0v) is 20.8. The fourth-order valence-corrected chi connectivity index (χ4v) is 4.37. The normalized spacial score (nSPS) is 15.3. The van der Waals surface area contributed by atoms with Gasteiger partial charge in [0.05, 0.1) is 20.3 Å². The highest BCUT2D eigenvalue weighted by molar-refractivity contribution is 7.80. The lowest BCUT2D eigenvalue weighted by atomic mass is 9.92. The van der Waals surface area contributed by atoms with Crippen molar-refractivity contribution in [3.05, 3.63) is 53.1 Å². The SMILES string of the molecule is CCCCNC(=S)N1CCc2cc(OC)c(OC)cc2[C@H]1COc1ccc(C(C)C)cc1. The Kier molecular flexibility index (Phi) is 8.62. The Morgan fingerprint density at radius 1 is 1.12 bits per heavy atom. The molecule has 1 aliphatic rings. The van der Waals surface area contributed by atoms with Gasteiger partial charge in [0.1, 0.15) is 12.4 Å². The van der Waals surface area contributed by atoms with Crippen molar-refractivity contribution in [2.24, 2.45) is 0 Å². The quantitative estimate of drug-likeness (QED) is 0.398. The number of thiocarbonyl (C=S) groups is 1. The van der Waals surface area contributed by atoms with Crippen LogP contribution in [0.15, 0.2) is 36.4 Å². The van der Waals surface area contributed by atoms with E-state index in [0.717, 1.165) is 54.7 Å². The van der Waals surface area contributed by atoms with E-state index in [1.807, 2.05) is 0 Å². The maximum absolute atomic E-state index is 6.27. The molecule has 0 aromatic heterocycles. The summed E-state index contributed by atoms with van der Waals surface area (Å²) in [6, 6.07) is 12.5. The Labute approximate surface area is 198 Å².